The van der Waals surface area contributed by atoms with E-state index in [1.807, 2.05) is 0 Å². The van der Waals surface area contributed by atoms with Crippen LogP contribution in [0.3, 0.4) is 0 Å². The van der Waals surface area contributed by atoms with Crippen LogP contribution in [-0.4, -0.2) is 48.5 Å². The molecule has 0 aromatic heterocycles. The first kappa shape index (κ1) is 32.8. The molecule has 0 aliphatic carbocycles. The smallest absolute Gasteiger partial charge is 0.377 e. The second-order valence-corrected chi connectivity index (χ2v) is 9.07. The first-order chi connectivity index (χ1) is 19.3. The van der Waals surface area contributed by atoms with Crippen LogP contribution in [-0.2, 0) is 6.18 Å². The van der Waals surface area contributed by atoms with Crippen molar-refractivity contribution in [2.24, 2.45) is 0 Å². The number of rotatable bonds is 8. The Morgan fingerprint density at radius 2 is 1.48 bits per heavy atom. The van der Waals surface area contributed by atoms with Crippen molar-refractivity contribution in [3.63, 3.8) is 0 Å². The highest BCUT2D eigenvalue weighted by Gasteiger charge is 2.40. The molecule has 0 spiro atoms. The molecule has 226 valence electrons. The lowest BCUT2D eigenvalue weighted by Crippen LogP contribution is -2.44. The number of hydrogen-bond donors (Lipinski definition) is 3. The SMILES string of the molecule is O=C(/C=C(/c1cc(Cl)c(F)c(C(F)(F)F)c1)C(F)(F)F)c1ccc(C(=O)NCC(O)NCC(F)(F)F)c2ccccc12. The van der Waals surface area contributed by atoms with Gasteiger partial charge in [0.25, 0.3) is 5.91 Å². The molecule has 0 aliphatic heterocycles. The van der Waals surface area contributed by atoms with Crippen LogP contribution in [0, 0.1) is 5.82 Å². The fourth-order valence-corrected chi connectivity index (χ4v) is 4.01. The van der Waals surface area contributed by atoms with Gasteiger partial charge in [0.15, 0.2) is 11.6 Å². The summed E-state index contributed by atoms with van der Waals surface area (Å²) in [7, 11) is 0. The van der Waals surface area contributed by atoms with E-state index < -0.39 is 82.6 Å². The molecule has 0 saturated carbocycles. The molecule has 1 atom stereocenters. The maximum Gasteiger partial charge on any atom is 0.419 e. The van der Waals surface area contributed by atoms with Gasteiger partial charge in [-0.05, 0) is 46.7 Å². The third kappa shape index (κ3) is 7.98. The van der Waals surface area contributed by atoms with Crippen molar-refractivity contribution >= 4 is 39.6 Å². The van der Waals surface area contributed by atoms with E-state index in [2.05, 4.69) is 5.32 Å². The summed E-state index contributed by atoms with van der Waals surface area (Å²) >= 11 is 5.42. The van der Waals surface area contributed by atoms with Gasteiger partial charge in [0, 0.05) is 11.1 Å². The molecule has 0 bridgehead atoms. The van der Waals surface area contributed by atoms with Crippen molar-refractivity contribution in [2.75, 3.05) is 13.1 Å². The molecule has 3 aromatic rings. The highest BCUT2D eigenvalue weighted by Crippen LogP contribution is 2.41. The molecule has 0 aliphatic rings. The number of carbonyl (C=O) groups is 2. The molecule has 3 rings (SSSR count). The Balaban J connectivity index is 2.00. The van der Waals surface area contributed by atoms with E-state index in [0.29, 0.717) is 6.07 Å². The fourth-order valence-electron chi connectivity index (χ4n) is 3.79. The highest BCUT2D eigenvalue weighted by molar-refractivity contribution is 6.31. The molecule has 3 N–H and O–H groups in total. The quantitative estimate of drug-likeness (QED) is 0.112. The average molecular weight is 631 g/mol. The number of halogens is 11. The first-order valence-corrected chi connectivity index (χ1v) is 11.9. The number of fused-ring (bicyclic) bond motifs is 1. The van der Waals surface area contributed by atoms with Crippen LogP contribution in [0.5, 0.6) is 0 Å². The van der Waals surface area contributed by atoms with Gasteiger partial charge in [-0.2, -0.15) is 39.5 Å². The summed E-state index contributed by atoms with van der Waals surface area (Å²) in [6.45, 7) is -2.21. The number of allylic oxidation sites excluding steroid dienone is 2. The van der Waals surface area contributed by atoms with Gasteiger partial charge in [0.1, 0.15) is 6.23 Å². The van der Waals surface area contributed by atoms with E-state index in [4.69, 9.17) is 11.6 Å². The Morgan fingerprint density at radius 1 is 0.905 bits per heavy atom. The number of ketones is 1. The minimum absolute atomic E-state index is 0.00785. The summed E-state index contributed by atoms with van der Waals surface area (Å²) < 4.78 is 132. The third-order valence-electron chi connectivity index (χ3n) is 5.65. The van der Waals surface area contributed by atoms with E-state index in [-0.39, 0.29) is 28.5 Å². The molecule has 1 amide bonds. The lowest BCUT2D eigenvalue weighted by Gasteiger charge is -2.17. The van der Waals surface area contributed by atoms with Gasteiger partial charge in [-0.15, -0.1) is 0 Å². The number of alkyl halides is 9. The molecule has 0 saturated heterocycles. The van der Waals surface area contributed by atoms with Crippen LogP contribution < -0.4 is 10.6 Å². The zero-order valence-corrected chi connectivity index (χ0v) is 21.4. The van der Waals surface area contributed by atoms with E-state index >= 15 is 0 Å². The van der Waals surface area contributed by atoms with Crippen LogP contribution in [0.4, 0.5) is 43.9 Å². The minimum Gasteiger partial charge on any atom is -0.377 e. The molecule has 5 nitrogen and oxygen atoms in total. The van der Waals surface area contributed by atoms with Crippen LogP contribution in [0.25, 0.3) is 16.3 Å². The standard InChI is InChI=1S/C26H17ClF10N2O3/c27-19-8-12(7-18(22(19)28)26(35,36)37)17(25(32,33)34)9-20(40)15-5-6-16(14-4-2-1-3-13(14)15)23(42)38-10-21(41)39-11-24(29,30)31/h1-9,21,39,41H,10-11H2,(H,38,42)/b17-9-. The van der Waals surface area contributed by atoms with Gasteiger partial charge in [-0.25, -0.2) is 4.39 Å². The number of hydrogen-bond acceptors (Lipinski definition) is 4. The summed E-state index contributed by atoms with van der Waals surface area (Å²) in [5.74, 6) is -4.25. The largest absolute Gasteiger partial charge is 0.419 e. The lowest BCUT2D eigenvalue weighted by molar-refractivity contribution is -0.140. The predicted molar refractivity (Wildman–Crippen MR) is 131 cm³/mol. The van der Waals surface area contributed by atoms with Gasteiger partial charge in [0.05, 0.1) is 29.2 Å². The molecule has 1 unspecified atom stereocenters. The summed E-state index contributed by atoms with van der Waals surface area (Å²) in [4.78, 5) is 25.7. The number of amides is 1. The van der Waals surface area contributed by atoms with Crippen LogP contribution in [0.1, 0.15) is 31.8 Å². The summed E-state index contributed by atoms with van der Waals surface area (Å²) in [5.41, 5.74) is -5.73. The summed E-state index contributed by atoms with van der Waals surface area (Å²) in [6, 6.07) is 7.50. The monoisotopic (exact) mass is 630 g/mol. The molecular formula is C26H17ClF10N2O3. The third-order valence-corrected chi connectivity index (χ3v) is 5.93. The van der Waals surface area contributed by atoms with Crippen molar-refractivity contribution in [1.82, 2.24) is 10.6 Å². The second kappa shape index (κ2) is 12.3. The lowest BCUT2D eigenvalue weighted by atomic mass is 9.94. The Kier molecular flexibility index (Phi) is 9.59. The maximum atomic E-state index is 13.9. The van der Waals surface area contributed by atoms with E-state index in [0.717, 1.165) is 12.1 Å². The van der Waals surface area contributed by atoms with Crippen LogP contribution >= 0.6 is 11.6 Å². The average Bonchev–Trinajstić information content (AvgIpc) is 2.88. The summed E-state index contributed by atoms with van der Waals surface area (Å²) in [6.07, 6.45) is -17.2. The number of nitrogens with one attached hydrogen (secondary N) is 2. The Morgan fingerprint density at radius 3 is 2.02 bits per heavy atom. The van der Waals surface area contributed by atoms with Gasteiger partial charge in [0.2, 0.25) is 0 Å². The van der Waals surface area contributed by atoms with Gasteiger partial charge in [-0.1, -0.05) is 35.9 Å². The molecular weight excluding hydrogens is 614 g/mol. The zero-order valence-electron chi connectivity index (χ0n) is 20.6. The van der Waals surface area contributed by atoms with Gasteiger partial charge < -0.3 is 10.4 Å². The van der Waals surface area contributed by atoms with Gasteiger partial charge >= 0.3 is 18.5 Å². The second-order valence-electron chi connectivity index (χ2n) is 8.67. The maximum absolute atomic E-state index is 13.9. The Hall–Kier alpha value is -3.69. The normalized spacial score (nSPS) is 13.8. The van der Waals surface area contributed by atoms with E-state index in [1.54, 1.807) is 5.32 Å². The number of aliphatic hydroxyl groups excluding tert-OH is 1. The zero-order chi connectivity index (χ0) is 31.6. The Labute approximate surface area is 234 Å². The van der Waals surface area contributed by atoms with Crippen molar-refractivity contribution in [3.8, 4) is 0 Å². The number of benzene rings is 3. The molecule has 42 heavy (non-hydrogen) atoms. The molecule has 16 heteroatoms. The predicted octanol–water partition coefficient (Wildman–Crippen LogP) is 6.68. The molecule has 3 aromatic carbocycles. The minimum atomic E-state index is -5.40. The molecule has 0 heterocycles. The number of carbonyl (C=O) groups excluding carboxylic acids is 2. The molecule has 0 radical (unpaired) electrons. The van der Waals surface area contributed by atoms with Crippen LogP contribution in [0.15, 0.2) is 54.6 Å². The van der Waals surface area contributed by atoms with E-state index in [9.17, 15) is 58.6 Å². The van der Waals surface area contributed by atoms with Crippen molar-refractivity contribution in [2.45, 2.75) is 24.8 Å². The van der Waals surface area contributed by atoms with Crippen molar-refractivity contribution in [3.05, 3.63) is 87.7 Å². The van der Waals surface area contributed by atoms with Crippen molar-refractivity contribution < 1.29 is 58.6 Å². The van der Waals surface area contributed by atoms with Gasteiger partial charge in [-0.3, -0.25) is 14.9 Å². The molecule has 0 fully saturated rings. The number of aliphatic hydroxyl groups is 1. The highest BCUT2D eigenvalue weighted by atomic mass is 35.5. The topological polar surface area (TPSA) is 78.4 Å². The van der Waals surface area contributed by atoms with Crippen molar-refractivity contribution in [1.29, 1.82) is 0 Å². The van der Waals surface area contributed by atoms with E-state index in [1.165, 1.54) is 24.3 Å². The van der Waals surface area contributed by atoms with Crippen LogP contribution in [0.2, 0.25) is 5.02 Å². The Bertz CT molecular complexity index is 1530. The fraction of sp³-hybridized carbons (Fsp3) is 0.231. The summed E-state index contributed by atoms with van der Waals surface area (Å²) in [5, 5.41) is 12.2. The first-order valence-electron chi connectivity index (χ1n) is 11.5.